The number of amides is 3. The SMILES string of the molecule is CC[C@](C)(NC(=O)OC(C)(C)C)C(=O)N[C@@H](C)C(=O)Nc1ccc([N+](=O)[O-])cc1. The van der Waals surface area contributed by atoms with Gasteiger partial charge in [-0.2, -0.15) is 0 Å². The third-order valence-corrected chi connectivity index (χ3v) is 4.07. The molecule has 0 spiro atoms. The molecule has 0 fully saturated rings. The molecule has 0 heterocycles. The Morgan fingerprint density at radius 3 is 2.14 bits per heavy atom. The van der Waals surface area contributed by atoms with Crippen molar-refractivity contribution in [1.82, 2.24) is 10.6 Å². The third-order valence-electron chi connectivity index (χ3n) is 4.07. The number of nitrogens with zero attached hydrogens (tertiary/aromatic N) is 1. The van der Waals surface area contributed by atoms with Crippen LogP contribution in [0.5, 0.6) is 0 Å². The molecular weight excluding hydrogens is 380 g/mol. The normalized spacial score (nSPS) is 14.1. The van der Waals surface area contributed by atoms with Crippen molar-refractivity contribution in [2.75, 3.05) is 5.32 Å². The zero-order chi connectivity index (χ0) is 22.4. The standard InChI is InChI=1S/C19H28N4O6/c1-7-19(6,22-17(26)29-18(3,4)5)16(25)20-12(2)15(24)21-13-8-10-14(11-9-13)23(27)28/h8-12H,7H2,1-6H3,(H,20,25)(H,21,24)(H,22,26)/t12-,19-/m0/s1. The van der Waals surface area contributed by atoms with Gasteiger partial charge in [0.05, 0.1) is 4.92 Å². The molecule has 3 N–H and O–H groups in total. The summed E-state index contributed by atoms with van der Waals surface area (Å²) in [7, 11) is 0. The van der Waals surface area contributed by atoms with E-state index in [-0.39, 0.29) is 12.1 Å². The van der Waals surface area contributed by atoms with E-state index in [0.717, 1.165) is 0 Å². The van der Waals surface area contributed by atoms with Gasteiger partial charge in [0.2, 0.25) is 11.8 Å². The minimum absolute atomic E-state index is 0.101. The quantitative estimate of drug-likeness (QED) is 0.468. The fourth-order valence-electron chi connectivity index (χ4n) is 2.17. The zero-order valence-electron chi connectivity index (χ0n) is 17.5. The first-order chi connectivity index (χ1) is 13.3. The number of hydrogen-bond acceptors (Lipinski definition) is 6. The molecule has 0 radical (unpaired) electrons. The van der Waals surface area contributed by atoms with Gasteiger partial charge in [-0.1, -0.05) is 6.92 Å². The van der Waals surface area contributed by atoms with Crippen molar-refractivity contribution >= 4 is 29.3 Å². The molecule has 10 nitrogen and oxygen atoms in total. The van der Waals surface area contributed by atoms with Crippen LogP contribution in [0, 0.1) is 10.1 Å². The summed E-state index contributed by atoms with van der Waals surface area (Å²) in [4.78, 5) is 47.1. The number of nitro groups is 1. The summed E-state index contributed by atoms with van der Waals surface area (Å²) in [5.74, 6) is -1.06. The Morgan fingerprint density at radius 2 is 1.69 bits per heavy atom. The van der Waals surface area contributed by atoms with E-state index in [0.29, 0.717) is 5.69 Å². The molecule has 10 heteroatoms. The van der Waals surface area contributed by atoms with E-state index < -0.39 is 40.0 Å². The second-order valence-corrected chi connectivity index (χ2v) is 7.80. The molecule has 29 heavy (non-hydrogen) atoms. The second kappa shape index (κ2) is 9.35. The maximum absolute atomic E-state index is 12.6. The Bertz CT molecular complexity index is 772. The fraction of sp³-hybridized carbons (Fsp3) is 0.526. The predicted molar refractivity (Wildman–Crippen MR) is 107 cm³/mol. The number of nitro benzene ring substituents is 1. The molecular formula is C19H28N4O6. The summed E-state index contributed by atoms with van der Waals surface area (Å²) in [6.45, 7) is 9.87. The van der Waals surface area contributed by atoms with Gasteiger partial charge in [0, 0.05) is 17.8 Å². The van der Waals surface area contributed by atoms with E-state index in [4.69, 9.17) is 4.74 Å². The molecule has 160 valence electrons. The smallest absolute Gasteiger partial charge is 0.408 e. The highest BCUT2D eigenvalue weighted by molar-refractivity contribution is 5.99. The number of non-ortho nitro benzene ring substituents is 1. The number of rotatable bonds is 7. The van der Waals surface area contributed by atoms with Gasteiger partial charge in [0.15, 0.2) is 0 Å². The summed E-state index contributed by atoms with van der Waals surface area (Å²) in [5, 5.41) is 18.3. The van der Waals surface area contributed by atoms with Crippen LogP contribution in [-0.2, 0) is 14.3 Å². The number of alkyl carbamates (subject to hydrolysis) is 1. The topological polar surface area (TPSA) is 140 Å². The van der Waals surface area contributed by atoms with Crippen molar-refractivity contribution in [2.24, 2.45) is 0 Å². The molecule has 1 rings (SSSR count). The molecule has 3 amide bonds. The summed E-state index contributed by atoms with van der Waals surface area (Å²) in [5.41, 5.74) is -1.74. The van der Waals surface area contributed by atoms with Gasteiger partial charge >= 0.3 is 6.09 Å². The monoisotopic (exact) mass is 408 g/mol. The van der Waals surface area contributed by atoms with Gasteiger partial charge < -0.3 is 20.7 Å². The van der Waals surface area contributed by atoms with Crippen LogP contribution in [0.1, 0.15) is 48.0 Å². The van der Waals surface area contributed by atoms with Crippen molar-refractivity contribution in [3.05, 3.63) is 34.4 Å². The average molecular weight is 408 g/mol. The maximum Gasteiger partial charge on any atom is 0.408 e. The van der Waals surface area contributed by atoms with Crippen LogP contribution >= 0.6 is 0 Å². The molecule has 0 bridgehead atoms. The van der Waals surface area contributed by atoms with Gasteiger partial charge in [-0.05, 0) is 53.2 Å². The molecule has 2 atom stereocenters. The fourth-order valence-corrected chi connectivity index (χ4v) is 2.17. The number of anilines is 1. The molecule has 0 unspecified atom stereocenters. The largest absolute Gasteiger partial charge is 0.444 e. The van der Waals surface area contributed by atoms with E-state index in [1.807, 2.05) is 0 Å². The minimum atomic E-state index is -1.27. The molecule has 0 aromatic heterocycles. The Labute approximate surface area is 169 Å². The van der Waals surface area contributed by atoms with E-state index in [9.17, 15) is 24.5 Å². The highest BCUT2D eigenvalue weighted by atomic mass is 16.6. The highest BCUT2D eigenvalue weighted by Crippen LogP contribution is 2.16. The van der Waals surface area contributed by atoms with Gasteiger partial charge in [-0.25, -0.2) is 4.79 Å². The van der Waals surface area contributed by atoms with Crippen molar-refractivity contribution < 1.29 is 24.0 Å². The van der Waals surface area contributed by atoms with E-state index in [1.54, 1.807) is 27.7 Å². The number of ether oxygens (including phenoxy) is 1. The highest BCUT2D eigenvalue weighted by Gasteiger charge is 2.36. The molecule has 0 aliphatic carbocycles. The first-order valence-corrected chi connectivity index (χ1v) is 9.15. The van der Waals surface area contributed by atoms with Gasteiger partial charge in [-0.15, -0.1) is 0 Å². The van der Waals surface area contributed by atoms with E-state index in [2.05, 4.69) is 16.0 Å². The van der Waals surface area contributed by atoms with Crippen LogP contribution in [0.3, 0.4) is 0 Å². The molecule has 0 aliphatic rings. The van der Waals surface area contributed by atoms with Crippen LogP contribution in [-0.4, -0.2) is 40.0 Å². The Balaban J connectivity index is 2.73. The number of carbonyl (C=O) groups excluding carboxylic acids is 3. The lowest BCUT2D eigenvalue weighted by atomic mass is 9.97. The summed E-state index contributed by atoms with van der Waals surface area (Å²) in [6, 6.07) is 4.40. The minimum Gasteiger partial charge on any atom is -0.444 e. The number of nitrogens with one attached hydrogen (secondary N) is 3. The maximum atomic E-state index is 12.6. The van der Waals surface area contributed by atoms with Crippen LogP contribution in [0.15, 0.2) is 24.3 Å². The Morgan fingerprint density at radius 1 is 1.14 bits per heavy atom. The second-order valence-electron chi connectivity index (χ2n) is 7.80. The first kappa shape index (κ1) is 23.9. The third kappa shape index (κ3) is 7.40. The Hall–Kier alpha value is -3.17. The van der Waals surface area contributed by atoms with Gasteiger partial charge in [0.25, 0.3) is 5.69 Å². The average Bonchev–Trinajstić information content (AvgIpc) is 2.60. The van der Waals surface area contributed by atoms with Crippen LogP contribution in [0.25, 0.3) is 0 Å². The number of carbonyl (C=O) groups is 3. The van der Waals surface area contributed by atoms with Crippen molar-refractivity contribution in [2.45, 2.75) is 65.1 Å². The first-order valence-electron chi connectivity index (χ1n) is 9.15. The van der Waals surface area contributed by atoms with Crippen LogP contribution in [0.2, 0.25) is 0 Å². The van der Waals surface area contributed by atoms with Crippen molar-refractivity contribution in [3.8, 4) is 0 Å². The Kier molecular flexibility index (Phi) is 7.70. The predicted octanol–water partition coefficient (Wildman–Crippen LogP) is 2.73. The van der Waals surface area contributed by atoms with Crippen LogP contribution in [0.4, 0.5) is 16.2 Å². The lowest BCUT2D eigenvalue weighted by Gasteiger charge is -2.31. The van der Waals surface area contributed by atoms with Crippen molar-refractivity contribution in [3.63, 3.8) is 0 Å². The summed E-state index contributed by atoms with van der Waals surface area (Å²) in [6.07, 6.45) is -0.464. The lowest BCUT2D eigenvalue weighted by Crippen LogP contribution is -2.59. The molecule has 1 aromatic rings. The molecule has 0 aliphatic heterocycles. The van der Waals surface area contributed by atoms with E-state index in [1.165, 1.54) is 38.1 Å². The molecule has 0 saturated heterocycles. The van der Waals surface area contributed by atoms with Gasteiger partial charge in [0.1, 0.15) is 17.2 Å². The summed E-state index contributed by atoms with van der Waals surface area (Å²) < 4.78 is 5.19. The van der Waals surface area contributed by atoms with Gasteiger partial charge in [-0.3, -0.25) is 19.7 Å². The van der Waals surface area contributed by atoms with E-state index >= 15 is 0 Å². The molecule has 0 saturated carbocycles. The molecule has 1 aromatic carbocycles. The number of benzene rings is 1. The van der Waals surface area contributed by atoms with Crippen molar-refractivity contribution in [1.29, 1.82) is 0 Å². The number of hydrogen-bond donors (Lipinski definition) is 3. The zero-order valence-corrected chi connectivity index (χ0v) is 17.5. The lowest BCUT2D eigenvalue weighted by molar-refractivity contribution is -0.384. The summed E-state index contributed by atoms with van der Waals surface area (Å²) >= 11 is 0. The van der Waals surface area contributed by atoms with Crippen LogP contribution < -0.4 is 16.0 Å².